The zero-order valence-corrected chi connectivity index (χ0v) is 68.4. The standard InChI is InChI=1S/3C25H18N2.2C19H13NO/c1-26-22-13-7-5-11-18(22)20-15-21-19-12-6-8-14-23(19)27(25(21)16-24(20)26)17-9-3-2-4-10-17;1-26-21-13-7-5-11-18(21)19-15-16-23-24(25(19)26)20-12-6-8-14-22(20)27(23)17-9-3-2-4-10-17;1-26-22-13-7-5-11-18(22)20-15-16-21-19-12-6-8-14-23(19)27(25(21)24(20)26)17-9-3-2-4-10-17;1-20-15-8-4-2-7-14(15)18-16(20)11-10-13-12-6-3-5-9-17(12)21-19(13)18;1-20-14-8-4-2-6-12(14)18-15(20)10-11-17-19(18)13-7-3-5-9-16(13)21-17/h3*2-16H,1H3;2*2-11H,1H3. The molecule has 123 heavy (non-hydrogen) atoms. The predicted octanol–water partition coefficient (Wildman–Crippen LogP) is 29.7. The van der Waals surface area contributed by atoms with Crippen LogP contribution < -0.4 is 0 Å². The molecule has 0 aliphatic rings. The lowest BCUT2D eigenvalue weighted by Gasteiger charge is -2.09. The van der Waals surface area contributed by atoms with Crippen molar-refractivity contribution in [2.75, 3.05) is 0 Å². The highest BCUT2D eigenvalue weighted by Gasteiger charge is 2.24. The molecule has 0 fully saturated rings. The van der Waals surface area contributed by atoms with E-state index in [1.54, 1.807) is 0 Å². The van der Waals surface area contributed by atoms with Crippen molar-refractivity contribution < 1.29 is 8.83 Å². The van der Waals surface area contributed by atoms with Gasteiger partial charge in [-0.25, -0.2) is 0 Å². The molecule has 0 unspecified atom stereocenters. The van der Waals surface area contributed by atoms with Crippen LogP contribution in [-0.4, -0.2) is 36.5 Å². The van der Waals surface area contributed by atoms with Crippen LogP contribution in [0.1, 0.15) is 0 Å². The molecule has 0 saturated heterocycles. The van der Waals surface area contributed by atoms with Gasteiger partial charge < -0.3 is 45.4 Å². The molecule has 10 heterocycles. The molecule has 18 aromatic carbocycles. The fraction of sp³-hybridized carbons (Fsp3) is 0.0442. The van der Waals surface area contributed by atoms with E-state index >= 15 is 0 Å². The van der Waals surface area contributed by atoms with Crippen LogP contribution in [0, 0.1) is 0 Å². The Morgan fingerprint density at radius 2 is 0.488 bits per heavy atom. The Morgan fingerprint density at radius 3 is 1.06 bits per heavy atom. The first-order valence-corrected chi connectivity index (χ1v) is 42.1. The molecule has 0 radical (unpaired) electrons. The van der Waals surface area contributed by atoms with Gasteiger partial charge in [-0.1, -0.05) is 255 Å². The van der Waals surface area contributed by atoms with Crippen molar-refractivity contribution in [3.63, 3.8) is 0 Å². The molecular formula is C113H80N8O2. The van der Waals surface area contributed by atoms with E-state index in [2.05, 4.69) is 442 Å². The maximum Gasteiger partial charge on any atom is 0.145 e. The number of para-hydroxylation sites is 13. The Bertz CT molecular complexity index is 9080. The van der Waals surface area contributed by atoms with E-state index in [1.807, 2.05) is 24.3 Å². The second-order valence-electron chi connectivity index (χ2n) is 32.4. The molecule has 0 aliphatic heterocycles. The number of rotatable bonds is 3. The minimum atomic E-state index is 0.952. The zero-order chi connectivity index (χ0) is 81.8. The summed E-state index contributed by atoms with van der Waals surface area (Å²) in [6.45, 7) is 0. The summed E-state index contributed by atoms with van der Waals surface area (Å²) in [5.41, 5.74) is 27.6. The van der Waals surface area contributed by atoms with Crippen molar-refractivity contribution >= 4 is 218 Å². The Morgan fingerprint density at radius 1 is 0.154 bits per heavy atom. The van der Waals surface area contributed by atoms with Crippen molar-refractivity contribution in [1.82, 2.24) is 36.5 Å². The number of fused-ring (bicyclic) bond motifs is 34. The van der Waals surface area contributed by atoms with Crippen molar-refractivity contribution in [3.8, 4) is 17.1 Å². The van der Waals surface area contributed by atoms with Gasteiger partial charge >= 0.3 is 0 Å². The minimum Gasteiger partial charge on any atom is -0.456 e. The van der Waals surface area contributed by atoms with E-state index < -0.39 is 0 Å². The van der Waals surface area contributed by atoms with Crippen LogP contribution >= 0.6 is 0 Å². The molecule has 10 nitrogen and oxygen atoms in total. The number of furan rings is 2. The highest BCUT2D eigenvalue weighted by molar-refractivity contribution is 6.30. The summed E-state index contributed by atoms with van der Waals surface area (Å²) in [5, 5.41) is 25.5. The number of nitrogens with zero attached hydrogens (tertiary/aromatic N) is 8. The quantitative estimate of drug-likeness (QED) is 0.177. The van der Waals surface area contributed by atoms with Gasteiger partial charge in [0.05, 0.1) is 60.6 Å². The van der Waals surface area contributed by atoms with Gasteiger partial charge in [0.25, 0.3) is 0 Å². The minimum absolute atomic E-state index is 0.952. The molecule has 10 heteroatoms. The topological polar surface area (TPSA) is 65.7 Å². The summed E-state index contributed by atoms with van der Waals surface area (Å²) in [7, 11) is 10.7. The van der Waals surface area contributed by atoms with E-state index in [-0.39, 0.29) is 0 Å². The molecule has 0 amide bonds. The third kappa shape index (κ3) is 10.8. The van der Waals surface area contributed by atoms with E-state index in [4.69, 9.17) is 8.83 Å². The SMILES string of the molecule is Cn1c2ccccc2c2c3c(ccc21)oc1ccccc13.Cn1c2ccccc2c2c3oc4ccccc4c3ccc21.Cn1c2ccccc2c2cc3c4ccccc4n(-c4ccccc4)c3cc21.Cn1c2ccccc2c2ccc3c(c4ccccc4n3-c3ccccc3)c21.Cn1c2ccccc2c2ccc3c4ccccc4n(-c4ccccc4)c3c21. The Balaban J connectivity index is 0.0000000870. The molecule has 584 valence electrons. The summed E-state index contributed by atoms with van der Waals surface area (Å²) in [6.07, 6.45) is 0. The molecule has 10 aromatic heterocycles. The number of aryl methyl sites for hydroxylation is 5. The van der Waals surface area contributed by atoms with Crippen molar-refractivity contribution in [2.24, 2.45) is 35.2 Å². The average Bonchev–Trinajstić information content (AvgIpc) is 1.58. The highest BCUT2D eigenvalue weighted by Crippen LogP contribution is 2.46. The average molecular weight is 1580 g/mol. The second kappa shape index (κ2) is 28.1. The Labute approximate surface area is 705 Å². The molecular weight excluding hydrogens is 1500 g/mol. The van der Waals surface area contributed by atoms with Gasteiger partial charge in [0.2, 0.25) is 0 Å². The lowest BCUT2D eigenvalue weighted by atomic mass is 10.1. The van der Waals surface area contributed by atoms with Crippen molar-refractivity contribution in [2.45, 2.75) is 0 Å². The summed E-state index contributed by atoms with van der Waals surface area (Å²) in [4.78, 5) is 0. The molecule has 0 saturated carbocycles. The monoisotopic (exact) mass is 1580 g/mol. The molecule has 28 rings (SSSR count). The molecule has 0 spiro atoms. The van der Waals surface area contributed by atoms with Crippen LogP contribution in [0.4, 0.5) is 0 Å². The maximum absolute atomic E-state index is 6.17. The van der Waals surface area contributed by atoms with Gasteiger partial charge in [-0.05, 0) is 140 Å². The highest BCUT2D eigenvalue weighted by atomic mass is 16.3. The Hall–Kier alpha value is -16.0. The first kappa shape index (κ1) is 71.1. The van der Waals surface area contributed by atoms with Gasteiger partial charge in [-0.3, -0.25) is 0 Å². The first-order chi connectivity index (χ1) is 60.7. The third-order valence-corrected chi connectivity index (χ3v) is 26.0. The lowest BCUT2D eigenvalue weighted by molar-refractivity contribution is 0.669. The van der Waals surface area contributed by atoms with Crippen LogP contribution in [0.3, 0.4) is 0 Å². The van der Waals surface area contributed by atoms with Gasteiger partial charge in [0, 0.05) is 188 Å². The van der Waals surface area contributed by atoms with E-state index in [0.717, 1.165) is 22.3 Å². The summed E-state index contributed by atoms with van der Waals surface area (Å²) < 4.78 is 30.8. The largest absolute Gasteiger partial charge is 0.456 e. The van der Waals surface area contributed by atoms with Gasteiger partial charge in [-0.2, -0.15) is 0 Å². The number of hydrogen-bond acceptors (Lipinski definition) is 2. The van der Waals surface area contributed by atoms with Crippen molar-refractivity contribution in [3.05, 3.63) is 394 Å². The summed E-state index contributed by atoms with van der Waals surface area (Å²) in [6, 6.07) is 140. The zero-order valence-electron chi connectivity index (χ0n) is 68.4. The number of benzene rings is 18. The van der Waals surface area contributed by atoms with Gasteiger partial charge in [0.15, 0.2) is 0 Å². The van der Waals surface area contributed by atoms with E-state index in [1.165, 1.54) is 213 Å². The smallest absolute Gasteiger partial charge is 0.145 e. The summed E-state index contributed by atoms with van der Waals surface area (Å²) in [5.74, 6) is 0. The van der Waals surface area contributed by atoms with Gasteiger partial charge in [0.1, 0.15) is 22.3 Å². The third-order valence-electron chi connectivity index (χ3n) is 26.0. The number of aromatic nitrogens is 8. The maximum atomic E-state index is 6.17. The van der Waals surface area contributed by atoms with Crippen LogP contribution in [0.15, 0.2) is 403 Å². The summed E-state index contributed by atoms with van der Waals surface area (Å²) >= 11 is 0. The molecule has 0 atom stereocenters. The molecule has 28 aromatic rings. The molecule has 0 N–H and O–H groups in total. The predicted molar refractivity (Wildman–Crippen MR) is 520 cm³/mol. The normalized spacial score (nSPS) is 11.9. The first-order valence-electron chi connectivity index (χ1n) is 42.1. The van der Waals surface area contributed by atoms with Crippen molar-refractivity contribution in [1.29, 1.82) is 0 Å². The number of hydrogen-bond donors (Lipinski definition) is 0. The fourth-order valence-electron chi connectivity index (χ4n) is 20.5. The Kier molecular flexibility index (Phi) is 16.2. The van der Waals surface area contributed by atoms with Crippen LogP contribution in [-0.2, 0) is 35.2 Å². The van der Waals surface area contributed by atoms with Crippen LogP contribution in [0.25, 0.3) is 235 Å². The lowest BCUT2D eigenvalue weighted by Crippen LogP contribution is -1.96. The molecule has 0 bridgehead atoms. The molecule has 0 aliphatic carbocycles. The van der Waals surface area contributed by atoms with Crippen LogP contribution in [0.5, 0.6) is 0 Å². The van der Waals surface area contributed by atoms with E-state index in [9.17, 15) is 0 Å². The van der Waals surface area contributed by atoms with E-state index in [0.29, 0.717) is 0 Å². The van der Waals surface area contributed by atoms with Crippen LogP contribution in [0.2, 0.25) is 0 Å². The van der Waals surface area contributed by atoms with Gasteiger partial charge in [-0.15, -0.1) is 0 Å². The fourth-order valence-corrected chi connectivity index (χ4v) is 20.5. The second-order valence-corrected chi connectivity index (χ2v) is 32.4.